The Balaban J connectivity index is 1.95. The van der Waals surface area contributed by atoms with E-state index >= 15 is 0 Å². The Hall–Kier alpha value is -4.73. The van der Waals surface area contributed by atoms with Crippen LogP contribution in [-0.4, -0.2) is 48.2 Å². The molecule has 1 saturated heterocycles. The molecule has 1 fully saturated rings. The smallest absolute Gasteiger partial charge is 0.338 e. The fraction of sp³-hybridized carbons (Fsp3) is 0.400. The van der Waals surface area contributed by atoms with Crippen molar-refractivity contribution < 1.29 is 29.7 Å². The lowest BCUT2D eigenvalue weighted by Gasteiger charge is -2.18. The van der Waals surface area contributed by atoms with Gasteiger partial charge >= 0.3 is 17.9 Å². The summed E-state index contributed by atoms with van der Waals surface area (Å²) in [6.45, 7) is 14.3. The first kappa shape index (κ1) is 31.7. The zero-order valence-corrected chi connectivity index (χ0v) is 26.9. The predicted octanol–water partition coefficient (Wildman–Crippen LogP) is 4.90. The Kier molecular flexibility index (Phi) is 8.44. The highest BCUT2D eigenvalue weighted by atomic mass is 16.4. The fourth-order valence-corrected chi connectivity index (χ4v) is 7.19. The van der Waals surface area contributed by atoms with Crippen LogP contribution in [0.15, 0.2) is 11.4 Å². The van der Waals surface area contributed by atoms with Gasteiger partial charge < -0.3 is 35.6 Å². The van der Waals surface area contributed by atoms with Gasteiger partial charge in [-0.25, -0.2) is 4.79 Å². The first-order valence-electron chi connectivity index (χ1n) is 15.5. The molecular formula is C35H42N4O6. The number of aromatic carboxylic acids is 1. The van der Waals surface area contributed by atoms with Crippen molar-refractivity contribution in [3.8, 4) is 0 Å². The Morgan fingerprint density at radius 2 is 1.51 bits per heavy atom. The number of hydrogen-bond donors (Lipinski definition) is 7. The predicted molar refractivity (Wildman–Crippen MR) is 173 cm³/mol. The average Bonchev–Trinajstić information content (AvgIpc) is 3.63. The van der Waals surface area contributed by atoms with E-state index < -0.39 is 24.3 Å². The van der Waals surface area contributed by atoms with E-state index in [4.69, 9.17) is 0 Å². The molecule has 0 radical (unpaired) electrons. The Morgan fingerprint density at radius 1 is 0.844 bits per heavy atom. The zero-order chi connectivity index (χ0) is 32.9. The van der Waals surface area contributed by atoms with Gasteiger partial charge in [-0.15, -0.1) is 0 Å². The van der Waals surface area contributed by atoms with Crippen molar-refractivity contribution in [2.45, 2.75) is 80.1 Å². The van der Waals surface area contributed by atoms with Crippen LogP contribution >= 0.6 is 0 Å². The molecular weight excluding hydrogens is 572 g/mol. The van der Waals surface area contributed by atoms with E-state index in [1.54, 1.807) is 6.92 Å². The highest BCUT2D eigenvalue weighted by Gasteiger charge is 2.37. The molecule has 10 nitrogen and oxygen atoms in total. The van der Waals surface area contributed by atoms with Crippen molar-refractivity contribution in [2.75, 3.05) is 0 Å². The molecule has 0 aliphatic carbocycles. The maximum absolute atomic E-state index is 12.7. The highest BCUT2D eigenvalue weighted by Crippen LogP contribution is 2.43. The molecule has 0 unspecified atom stereocenters. The average molecular weight is 615 g/mol. The van der Waals surface area contributed by atoms with E-state index in [0.717, 1.165) is 50.9 Å². The van der Waals surface area contributed by atoms with E-state index in [1.807, 2.05) is 19.1 Å². The van der Waals surface area contributed by atoms with E-state index in [2.05, 4.69) is 61.0 Å². The van der Waals surface area contributed by atoms with Gasteiger partial charge in [0.15, 0.2) is 0 Å². The van der Waals surface area contributed by atoms with Crippen molar-refractivity contribution >= 4 is 41.7 Å². The second-order valence-corrected chi connectivity index (χ2v) is 12.6. The van der Waals surface area contributed by atoms with Crippen LogP contribution in [0.25, 0.3) is 23.8 Å². The van der Waals surface area contributed by atoms with Crippen LogP contribution in [0.1, 0.15) is 114 Å². The van der Waals surface area contributed by atoms with Crippen molar-refractivity contribution in [3.63, 3.8) is 0 Å². The third-order valence-corrected chi connectivity index (χ3v) is 9.50. The first-order chi connectivity index (χ1) is 21.2. The SMILES string of the molecule is CCc1c(C)c2[nH]c1=Cc1[nH]c(c(C(=O)O)c1C)C(CC(=O)O)=C1NC(=Cc3[nH]c(c(C(C)C)c3C)C=2)[C@@H](C)[C@@H]1CCC(=O)O. The summed E-state index contributed by atoms with van der Waals surface area (Å²) in [7, 11) is 0. The minimum Gasteiger partial charge on any atom is -0.481 e. The molecule has 3 aromatic rings. The molecule has 10 heteroatoms. The molecule has 5 heterocycles. The lowest BCUT2D eigenvalue weighted by atomic mass is 9.85. The number of fused-ring (bicyclic) bond motifs is 8. The van der Waals surface area contributed by atoms with E-state index in [1.165, 1.54) is 5.56 Å². The summed E-state index contributed by atoms with van der Waals surface area (Å²) in [5.74, 6) is -3.58. The Morgan fingerprint density at radius 3 is 2.11 bits per heavy atom. The van der Waals surface area contributed by atoms with Crippen LogP contribution < -0.4 is 16.0 Å². The molecule has 0 spiro atoms. The zero-order valence-electron chi connectivity index (χ0n) is 26.9. The lowest BCUT2D eigenvalue weighted by molar-refractivity contribution is -0.137. The molecule has 2 atom stereocenters. The number of hydrogen-bond acceptors (Lipinski definition) is 4. The van der Waals surface area contributed by atoms with Gasteiger partial charge in [-0.2, -0.15) is 0 Å². The summed E-state index contributed by atoms with van der Waals surface area (Å²) < 4.78 is 0. The van der Waals surface area contributed by atoms with Crippen LogP contribution in [0.5, 0.6) is 0 Å². The second-order valence-electron chi connectivity index (χ2n) is 12.6. The molecule has 3 aromatic heterocycles. The minimum absolute atomic E-state index is 0.00250. The third kappa shape index (κ3) is 5.65. The Labute approximate surface area is 261 Å². The summed E-state index contributed by atoms with van der Waals surface area (Å²) in [5, 5.41) is 35.3. The summed E-state index contributed by atoms with van der Waals surface area (Å²) in [6.07, 6.45) is 6.50. The number of aromatic nitrogens is 3. The number of aliphatic carboxylic acids is 2. The summed E-state index contributed by atoms with van der Waals surface area (Å²) in [6, 6.07) is 0. The topological polar surface area (TPSA) is 171 Å². The number of rotatable bonds is 8. The van der Waals surface area contributed by atoms with E-state index in [-0.39, 0.29) is 41.9 Å². The minimum atomic E-state index is -1.17. The third-order valence-electron chi connectivity index (χ3n) is 9.50. The molecule has 0 aromatic carbocycles. The highest BCUT2D eigenvalue weighted by molar-refractivity contribution is 5.99. The van der Waals surface area contributed by atoms with Crippen molar-refractivity contribution in [2.24, 2.45) is 11.8 Å². The van der Waals surface area contributed by atoms with E-state index in [9.17, 15) is 29.7 Å². The summed E-state index contributed by atoms with van der Waals surface area (Å²) in [4.78, 5) is 47.2. The van der Waals surface area contributed by atoms with Crippen LogP contribution in [0.4, 0.5) is 0 Å². The van der Waals surface area contributed by atoms with Crippen LogP contribution in [-0.2, 0) is 16.0 Å². The number of aromatic amines is 3. The van der Waals surface area contributed by atoms with Crippen LogP contribution in [0.2, 0.25) is 0 Å². The molecule has 8 bridgehead atoms. The molecule has 7 N–H and O–H groups in total. The largest absolute Gasteiger partial charge is 0.481 e. The Bertz CT molecular complexity index is 1910. The molecule has 0 saturated carbocycles. The van der Waals surface area contributed by atoms with Gasteiger partial charge in [-0.05, 0) is 85.6 Å². The van der Waals surface area contributed by atoms with Gasteiger partial charge in [0.2, 0.25) is 0 Å². The molecule has 2 aliphatic rings. The normalized spacial score (nSPS) is 17.6. The number of carboxylic acids is 3. The first-order valence-corrected chi connectivity index (χ1v) is 15.5. The molecule has 238 valence electrons. The number of H-pyrrole nitrogens is 3. The summed E-state index contributed by atoms with van der Waals surface area (Å²) in [5.41, 5.74) is 9.28. The molecule has 5 rings (SSSR count). The molecule has 2 aliphatic heterocycles. The lowest BCUT2D eigenvalue weighted by Crippen LogP contribution is -2.16. The second kappa shape index (κ2) is 12.0. The van der Waals surface area contributed by atoms with Gasteiger partial charge in [0, 0.05) is 63.0 Å². The number of allylic oxidation sites excluding steroid dienone is 2. The van der Waals surface area contributed by atoms with Gasteiger partial charge in [0.25, 0.3) is 0 Å². The number of nitrogens with one attached hydrogen (secondary N) is 4. The fourth-order valence-electron chi connectivity index (χ4n) is 7.19. The molecule has 0 amide bonds. The number of carboxylic acid groups (broad SMARTS) is 3. The van der Waals surface area contributed by atoms with Gasteiger partial charge in [-0.1, -0.05) is 27.7 Å². The summed E-state index contributed by atoms with van der Waals surface area (Å²) >= 11 is 0. The number of carbonyl (C=O) groups is 3. The van der Waals surface area contributed by atoms with Gasteiger partial charge in [0.05, 0.1) is 17.7 Å². The quantitative estimate of drug-likeness (QED) is 0.189. The van der Waals surface area contributed by atoms with Crippen molar-refractivity contribution in [1.29, 1.82) is 0 Å². The van der Waals surface area contributed by atoms with E-state index in [0.29, 0.717) is 22.5 Å². The standard InChI is InChI=1S/C35H42N4O6/c1-8-20-16(4)23-14-28-31(15(2)3)18(6)25(37-28)12-24-17(5)21(9-10-29(40)41)33(38-24)22(11-30(42)43)34-32(35(44)45)19(7)26(39-34)13-27(20)36-23/h12-15,17,21,36-39H,8-11H2,1-7H3,(H,40,41)(H,42,43)(H,44,45)/t17-,21-/m0/s1. The van der Waals surface area contributed by atoms with Gasteiger partial charge in [0.1, 0.15) is 0 Å². The maximum atomic E-state index is 12.7. The van der Waals surface area contributed by atoms with Crippen LogP contribution in [0.3, 0.4) is 0 Å². The van der Waals surface area contributed by atoms with Crippen molar-refractivity contribution in [3.05, 3.63) is 78.2 Å². The van der Waals surface area contributed by atoms with Crippen molar-refractivity contribution in [1.82, 2.24) is 20.3 Å². The van der Waals surface area contributed by atoms with Gasteiger partial charge in [-0.3, -0.25) is 9.59 Å². The maximum Gasteiger partial charge on any atom is 0.338 e. The van der Waals surface area contributed by atoms with Crippen LogP contribution in [0, 0.1) is 32.6 Å². The molecule has 45 heavy (non-hydrogen) atoms. The monoisotopic (exact) mass is 614 g/mol.